The zero-order valence-electron chi connectivity index (χ0n) is 24.4. The number of alkyl halides is 2. The van der Waals surface area contributed by atoms with Crippen LogP contribution >= 0.6 is 0 Å². The molecule has 0 saturated carbocycles. The average Bonchev–Trinajstić information content (AvgIpc) is 3.02. The number of halogens is 2. The number of nitriles is 1. The lowest BCUT2D eigenvalue weighted by molar-refractivity contribution is -0.0493. The lowest BCUT2D eigenvalue weighted by Gasteiger charge is -2.15. The van der Waals surface area contributed by atoms with Crippen LogP contribution in [0.1, 0.15) is 75.4 Å². The van der Waals surface area contributed by atoms with Gasteiger partial charge in [-0.1, -0.05) is 30.3 Å². The first-order valence-electron chi connectivity index (χ1n) is 13.6. The Bertz CT molecular complexity index is 1930. The minimum absolute atomic E-state index is 0.0220. The van der Waals surface area contributed by atoms with Gasteiger partial charge >= 0.3 is 12.6 Å². The Morgan fingerprint density at radius 1 is 0.826 bits per heavy atom. The molecule has 4 rings (SSSR count). The maximum Gasteiger partial charge on any atom is 0.387 e. The highest BCUT2D eigenvalue weighted by atomic mass is 19.3. The summed E-state index contributed by atoms with van der Waals surface area (Å²) in [5, 5.41) is 24.1. The summed E-state index contributed by atoms with van der Waals surface area (Å²) >= 11 is 0. The quantitative estimate of drug-likeness (QED) is 0.164. The molecule has 4 aromatic rings. The molecule has 0 fully saturated rings. The van der Waals surface area contributed by atoms with E-state index < -0.39 is 47.3 Å². The van der Waals surface area contributed by atoms with Gasteiger partial charge in [0.25, 0.3) is 11.8 Å². The van der Waals surface area contributed by atoms with Crippen LogP contribution in [0.4, 0.5) is 20.2 Å². The summed E-state index contributed by atoms with van der Waals surface area (Å²) in [6.07, 6.45) is -0.353. The molecule has 0 radical (unpaired) electrons. The number of Topliss-reactive ketones (excluding diaryl/α,β-unsaturated/α-hetero) is 2. The number of carbonyl (C=O) groups is 5. The van der Waals surface area contributed by atoms with Gasteiger partial charge in [0.1, 0.15) is 11.8 Å². The fraction of sp³-hybridized carbons (Fsp3) is 0.118. The number of carboxylic acid groups (broad SMARTS) is 1. The van der Waals surface area contributed by atoms with Crippen LogP contribution in [0.15, 0.2) is 78.9 Å². The van der Waals surface area contributed by atoms with Gasteiger partial charge in [-0.15, -0.1) is 0 Å². The molecule has 232 valence electrons. The number of aromatic carboxylic acids is 1. The van der Waals surface area contributed by atoms with Crippen LogP contribution in [0.2, 0.25) is 0 Å². The minimum Gasteiger partial charge on any atom is -0.478 e. The highest BCUT2D eigenvalue weighted by Gasteiger charge is 2.22. The first kappa shape index (κ1) is 32.7. The van der Waals surface area contributed by atoms with Crippen molar-refractivity contribution < 1.29 is 42.6 Å². The number of carboxylic acids is 1. The van der Waals surface area contributed by atoms with E-state index in [9.17, 15) is 43.1 Å². The van der Waals surface area contributed by atoms with E-state index in [2.05, 4.69) is 15.4 Å². The third kappa shape index (κ3) is 7.64. The highest BCUT2D eigenvalue weighted by molar-refractivity contribution is 6.13. The number of anilines is 2. The summed E-state index contributed by atoms with van der Waals surface area (Å²) in [5.41, 5.74) is 0.574. The lowest BCUT2D eigenvalue weighted by atomic mass is 9.97. The summed E-state index contributed by atoms with van der Waals surface area (Å²) in [4.78, 5) is 63.2. The SMILES string of the molecule is CC(=O)c1ccccc1C(=O)Nc1cc(C(=O)Cc2ccc(C(=O)Nc3ccc(C)cc3C#N)c(C(=O)O)c2)ccc1OC(F)F. The van der Waals surface area contributed by atoms with Crippen molar-refractivity contribution in [2.75, 3.05) is 10.6 Å². The van der Waals surface area contributed by atoms with Gasteiger partial charge in [-0.25, -0.2) is 4.79 Å². The second kappa shape index (κ2) is 14.0. The first-order chi connectivity index (χ1) is 21.9. The van der Waals surface area contributed by atoms with Crippen molar-refractivity contribution in [3.8, 4) is 11.8 Å². The van der Waals surface area contributed by atoms with Gasteiger partial charge in [-0.3, -0.25) is 19.2 Å². The van der Waals surface area contributed by atoms with Crippen LogP contribution in [0, 0.1) is 18.3 Å². The highest BCUT2D eigenvalue weighted by Crippen LogP contribution is 2.29. The fourth-order valence-electron chi connectivity index (χ4n) is 4.59. The third-order valence-electron chi connectivity index (χ3n) is 6.78. The molecule has 0 spiro atoms. The summed E-state index contributed by atoms with van der Waals surface area (Å²) in [6.45, 7) is -0.211. The Balaban J connectivity index is 1.60. The van der Waals surface area contributed by atoms with Gasteiger partial charge < -0.3 is 20.5 Å². The van der Waals surface area contributed by atoms with E-state index in [0.717, 1.165) is 23.8 Å². The number of carbonyl (C=O) groups excluding carboxylic acids is 4. The maximum absolute atomic E-state index is 13.2. The zero-order valence-corrected chi connectivity index (χ0v) is 24.4. The van der Waals surface area contributed by atoms with E-state index in [1.807, 2.05) is 6.07 Å². The summed E-state index contributed by atoms with van der Waals surface area (Å²) in [5.74, 6) is -4.43. The largest absolute Gasteiger partial charge is 0.478 e. The molecule has 10 nitrogen and oxygen atoms in total. The fourth-order valence-corrected chi connectivity index (χ4v) is 4.59. The molecule has 0 aliphatic carbocycles. The molecule has 2 amide bonds. The summed E-state index contributed by atoms with van der Waals surface area (Å²) in [6, 6.07) is 19.8. The molecule has 0 saturated heterocycles. The smallest absolute Gasteiger partial charge is 0.387 e. The molecular weight excluding hydrogens is 600 g/mol. The van der Waals surface area contributed by atoms with Crippen molar-refractivity contribution in [1.29, 1.82) is 5.26 Å². The molecule has 0 bridgehead atoms. The second-order valence-corrected chi connectivity index (χ2v) is 10.0. The van der Waals surface area contributed by atoms with Crippen LogP contribution in [0.3, 0.4) is 0 Å². The summed E-state index contributed by atoms with van der Waals surface area (Å²) < 4.78 is 30.7. The van der Waals surface area contributed by atoms with E-state index in [4.69, 9.17) is 0 Å². The van der Waals surface area contributed by atoms with Crippen molar-refractivity contribution in [1.82, 2.24) is 0 Å². The van der Waals surface area contributed by atoms with Crippen LogP contribution in [-0.4, -0.2) is 41.1 Å². The van der Waals surface area contributed by atoms with Gasteiger partial charge in [0.2, 0.25) is 0 Å². The topological polar surface area (TPSA) is 163 Å². The van der Waals surface area contributed by atoms with Crippen LogP contribution in [-0.2, 0) is 6.42 Å². The normalized spacial score (nSPS) is 10.5. The van der Waals surface area contributed by atoms with Gasteiger partial charge in [0, 0.05) is 17.5 Å². The lowest BCUT2D eigenvalue weighted by Crippen LogP contribution is -2.18. The van der Waals surface area contributed by atoms with Crippen LogP contribution < -0.4 is 15.4 Å². The van der Waals surface area contributed by atoms with E-state index in [-0.39, 0.29) is 51.2 Å². The third-order valence-corrected chi connectivity index (χ3v) is 6.78. The Morgan fingerprint density at radius 2 is 1.48 bits per heavy atom. The molecule has 0 aliphatic rings. The predicted octanol–water partition coefficient (Wildman–Crippen LogP) is 6.30. The Labute approximate surface area is 261 Å². The number of benzene rings is 4. The molecule has 0 heterocycles. The Hall–Kier alpha value is -6.22. The number of nitrogens with one attached hydrogen (secondary N) is 2. The molecule has 0 aliphatic heterocycles. The first-order valence-corrected chi connectivity index (χ1v) is 13.6. The second-order valence-electron chi connectivity index (χ2n) is 10.0. The Morgan fingerprint density at radius 3 is 2.11 bits per heavy atom. The monoisotopic (exact) mass is 625 g/mol. The van der Waals surface area contributed by atoms with E-state index >= 15 is 0 Å². The zero-order chi connectivity index (χ0) is 33.5. The number of ketones is 2. The van der Waals surface area contributed by atoms with E-state index in [0.29, 0.717) is 0 Å². The standard InChI is InChI=1S/C34H25F2N3O7/c1-18-7-11-27(22(13-18)17-37)38-32(43)25-10-8-20(14-26(25)33(44)45)15-29(41)21-9-12-30(46-34(35)36)28(16-21)39-31(42)24-6-4-3-5-23(24)19(2)40/h3-14,16,34H,15H2,1-2H3,(H,38,43)(H,39,42)(H,44,45). The predicted molar refractivity (Wildman–Crippen MR) is 163 cm³/mol. The van der Waals surface area contributed by atoms with Crippen molar-refractivity contribution >= 4 is 40.7 Å². The molecule has 3 N–H and O–H groups in total. The van der Waals surface area contributed by atoms with E-state index in [1.54, 1.807) is 25.1 Å². The van der Waals surface area contributed by atoms with Gasteiger partial charge in [-0.2, -0.15) is 14.0 Å². The molecule has 12 heteroatoms. The van der Waals surface area contributed by atoms with E-state index in [1.165, 1.54) is 49.4 Å². The van der Waals surface area contributed by atoms with Crippen molar-refractivity contribution in [2.45, 2.75) is 26.9 Å². The molecular formula is C34H25F2N3O7. The number of ether oxygens (including phenoxy) is 1. The number of amides is 2. The minimum atomic E-state index is -3.25. The number of hydrogen-bond donors (Lipinski definition) is 3. The van der Waals surface area contributed by atoms with Gasteiger partial charge in [-0.05, 0) is 73.5 Å². The summed E-state index contributed by atoms with van der Waals surface area (Å²) in [7, 11) is 0. The van der Waals surface area contributed by atoms with Gasteiger partial charge in [0.15, 0.2) is 11.6 Å². The van der Waals surface area contributed by atoms with Gasteiger partial charge in [0.05, 0.1) is 33.6 Å². The number of rotatable bonds is 11. The Kier molecular flexibility index (Phi) is 9.98. The maximum atomic E-state index is 13.2. The van der Waals surface area contributed by atoms with Crippen molar-refractivity contribution in [3.05, 3.63) is 123 Å². The number of aryl methyl sites for hydroxylation is 1. The van der Waals surface area contributed by atoms with Crippen LogP contribution in [0.5, 0.6) is 5.75 Å². The van der Waals surface area contributed by atoms with Crippen molar-refractivity contribution in [3.63, 3.8) is 0 Å². The van der Waals surface area contributed by atoms with Crippen LogP contribution in [0.25, 0.3) is 0 Å². The molecule has 0 atom stereocenters. The molecule has 0 aromatic heterocycles. The molecule has 4 aromatic carbocycles. The number of nitrogens with zero attached hydrogens (tertiary/aromatic N) is 1. The van der Waals surface area contributed by atoms with Crippen molar-refractivity contribution in [2.24, 2.45) is 0 Å². The molecule has 46 heavy (non-hydrogen) atoms. The average molecular weight is 626 g/mol. The number of hydrogen-bond acceptors (Lipinski definition) is 7. The molecule has 0 unspecified atom stereocenters.